The number of rotatable bonds is 2. The van der Waals surface area contributed by atoms with Crippen LogP contribution in [0.15, 0.2) is 35.3 Å². The highest BCUT2D eigenvalue weighted by molar-refractivity contribution is 8.17. The van der Waals surface area contributed by atoms with Crippen LogP contribution in [0.5, 0.6) is 5.75 Å². The maximum absolute atomic E-state index is 14.5. The molecule has 3 rings (SSSR count). The summed E-state index contributed by atoms with van der Waals surface area (Å²) in [6, 6.07) is 6.98. The molecule has 1 aliphatic rings. The van der Waals surface area contributed by atoms with Gasteiger partial charge in [-0.25, -0.2) is 4.39 Å². The Bertz CT molecular complexity index is 944. The normalized spacial score (nSPS) is 14.8. The fourth-order valence-corrected chi connectivity index (χ4v) is 3.66. The molecule has 1 heterocycles. The number of carbonyl (C=O) groups excluding carboxylic acids is 1. The molecule has 0 bridgehead atoms. The summed E-state index contributed by atoms with van der Waals surface area (Å²) in [7, 11) is 0. The summed E-state index contributed by atoms with van der Waals surface area (Å²) in [6.07, 6.45) is 0. The average molecular weight is 429 g/mol. The van der Waals surface area contributed by atoms with E-state index in [-0.39, 0.29) is 23.6 Å². The fraction of sp³-hybridized carbons (Fsp3) is 0.176. The van der Waals surface area contributed by atoms with E-state index < -0.39 is 15.3 Å². The van der Waals surface area contributed by atoms with Crippen molar-refractivity contribution in [3.63, 3.8) is 0 Å². The number of amides is 1. The van der Waals surface area contributed by atoms with Crippen molar-refractivity contribution >= 4 is 66.8 Å². The molecule has 0 radical (unpaired) electrons. The predicted octanol–water partition coefficient (Wildman–Crippen LogP) is 4.08. The molecule has 0 spiro atoms. The number of aryl methyl sites for hydroxylation is 1. The van der Waals surface area contributed by atoms with Crippen molar-refractivity contribution in [1.29, 1.82) is 0 Å². The first-order chi connectivity index (χ1) is 12.1. The predicted molar refractivity (Wildman–Crippen MR) is 112 cm³/mol. The number of phenolic OH excluding ortho intramolecular Hbond substituents is 1. The summed E-state index contributed by atoms with van der Waals surface area (Å²) in [5.74, 6) is -1.16. The van der Waals surface area contributed by atoms with Gasteiger partial charge in [0.1, 0.15) is 18.1 Å². The number of hydrogen-bond donors (Lipinski definition) is 4. The van der Waals surface area contributed by atoms with Gasteiger partial charge in [0.05, 0.1) is 16.4 Å². The second-order valence-corrected chi connectivity index (χ2v) is 9.13. The third-order valence-electron chi connectivity index (χ3n) is 3.92. The Hall–Kier alpha value is -1.35. The number of phenols is 1. The molecule has 9 heteroatoms. The standard InChI is InChI=1S/C17H14ClFN2O2S3/c1-8-2-5-12-14(15(8)18)16(10-6-9(22)3-4-11(10)19)20-7-13(23)21(12)17(24,25)26/h2-6,22,24-26H,7H2,1H3. The average Bonchev–Trinajstić information content (AvgIpc) is 2.69. The molecule has 0 unspecified atom stereocenters. The summed E-state index contributed by atoms with van der Waals surface area (Å²) in [5.41, 5.74) is 1.62. The number of carbonyl (C=O) groups is 1. The lowest BCUT2D eigenvalue weighted by molar-refractivity contribution is -0.117. The topological polar surface area (TPSA) is 52.9 Å². The molecule has 0 saturated carbocycles. The van der Waals surface area contributed by atoms with Crippen LogP contribution in [-0.4, -0.2) is 26.8 Å². The first kappa shape index (κ1) is 19.4. The van der Waals surface area contributed by atoms with Crippen molar-refractivity contribution in [2.24, 2.45) is 4.99 Å². The van der Waals surface area contributed by atoms with Crippen LogP contribution in [0.3, 0.4) is 0 Å². The zero-order chi connectivity index (χ0) is 19.2. The van der Waals surface area contributed by atoms with Crippen LogP contribution in [-0.2, 0) is 4.79 Å². The molecule has 1 N–H and O–H groups in total. The van der Waals surface area contributed by atoms with Gasteiger partial charge in [-0.1, -0.05) is 17.7 Å². The minimum absolute atomic E-state index is 0.0384. The van der Waals surface area contributed by atoms with Crippen molar-refractivity contribution in [3.05, 3.63) is 57.9 Å². The SMILES string of the molecule is Cc1ccc2c(c1Cl)C(c1cc(O)ccc1F)=NCC(=O)N2C(S)(S)S. The van der Waals surface area contributed by atoms with E-state index in [1.165, 1.54) is 17.0 Å². The van der Waals surface area contributed by atoms with Crippen molar-refractivity contribution < 1.29 is 14.3 Å². The number of halogens is 2. The Labute approximate surface area is 171 Å². The molecule has 0 atom stereocenters. The maximum atomic E-state index is 14.5. The molecule has 4 nitrogen and oxygen atoms in total. The van der Waals surface area contributed by atoms with E-state index in [1.807, 2.05) is 0 Å². The van der Waals surface area contributed by atoms with Gasteiger partial charge in [0.2, 0.25) is 0 Å². The van der Waals surface area contributed by atoms with Gasteiger partial charge >= 0.3 is 0 Å². The fourth-order valence-electron chi connectivity index (χ4n) is 2.76. The van der Waals surface area contributed by atoms with Gasteiger partial charge < -0.3 is 5.11 Å². The highest BCUT2D eigenvalue weighted by atomic mass is 35.5. The molecular weight excluding hydrogens is 415 g/mol. The molecule has 0 saturated heterocycles. The Balaban J connectivity index is 2.36. The number of fused-ring (bicyclic) bond motifs is 1. The van der Waals surface area contributed by atoms with Crippen LogP contribution in [0.4, 0.5) is 10.1 Å². The van der Waals surface area contributed by atoms with E-state index in [0.717, 1.165) is 11.6 Å². The molecule has 1 amide bonds. The monoisotopic (exact) mass is 428 g/mol. The summed E-state index contributed by atoms with van der Waals surface area (Å²) in [6.45, 7) is 1.50. The van der Waals surface area contributed by atoms with E-state index in [0.29, 0.717) is 16.3 Å². The van der Waals surface area contributed by atoms with Crippen molar-refractivity contribution in [1.82, 2.24) is 0 Å². The Morgan fingerprint density at radius 1 is 1.27 bits per heavy atom. The summed E-state index contributed by atoms with van der Waals surface area (Å²) in [4.78, 5) is 18.1. The van der Waals surface area contributed by atoms with Gasteiger partial charge in [0.15, 0.2) is 3.54 Å². The first-order valence-electron chi connectivity index (χ1n) is 7.44. The lowest BCUT2D eigenvalue weighted by atomic mass is 9.97. The van der Waals surface area contributed by atoms with Crippen LogP contribution in [0.25, 0.3) is 0 Å². The quantitative estimate of drug-likeness (QED) is 0.430. The molecule has 2 aromatic rings. The van der Waals surface area contributed by atoms with Crippen LogP contribution >= 0.6 is 49.5 Å². The van der Waals surface area contributed by atoms with E-state index in [2.05, 4.69) is 42.9 Å². The van der Waals surface area contributed by atoms with Gasteiger partial charge in [-0.3, -0.25) is 14.7 Å². The molecule has 1 aliphatic heterocycles. The zero-order valence-corrected chi connectivity index (χ0v) is 16.9. The number of anilines is 1. The third kappa shape index (κ3) is 3.43. The highest BCUT2D eigenvalue weighted by Crippen LogP contribution is 2.41. The summed E-state index contributed by atoms with van der Waals surface area (Å²) >= 11 is 19.3. The summed E-state index contributed by atoms with van der Waals surface area (Å²) < 4.78 is 13.0. The van der Waals surface area contributed by atoms with Gasteiger partial charge in [-0.15, -0.1) is 37.9 Å². The molecular formula is C17H14ClFN2O2S3. The second kappa shape index (κ2) is 6.99. The Morgan fingerprint density at radius 3 is 2.62 bits per heavy atom. The Morgan fingerprint density at radius 2 is 1.96 bits per heavy atom. The third-order valence-corrected chi connectivity index (χ3v) is 5.00. The van der Waals surface area contributed by atoms with Crippen LogP contribution < -0.4 is 4.90 Å². The maximum Gasteiger partial charge on any atom is 0.251 e. The van der Waals surface area contributed by atoms with Crippen molar-refractivity contribution in [3.8, 4) is 5.75 Å². The van der Waals surface area contributed by atoms with Crippen molar-refractivity contribution in [2.75, 3.05) is 11.4 Å². The number of hydrogen-bond acceptors (Lipinski definition) is 6. The minimum atomic E-state index is -1.42. The molecule has 0 fully saturated rings. The van der Waals surface area contributed by atoms with E-state index in [9.17, 15) is 14.3 Å². The van der Waals surface area contributed by atoms with Crippen LogP contribution in [0.2, 0.25) is 5.02 Å². The second-order valence-electron chi connectivity index (χ2n) is 5.75. The lowest BCUT2D eigenvalue weighted by Gasteiger charge is -2.33. The minimum Gasteiger partial charge on any atom is -0.508 e. The zero-order valence-electron chi connectivity index (χ0n) is 13.4. The molecule has 0 aliphatic carbocycles. The van der Waals surface area contributed by atoms with Crippen LogP contribution in [0, 0.1) is 12.7 Å². The summed E-state index contributed by atoms with van der Waals surface area (Å²) in [5, 5.41) is 10.1. The van der Waals surface area contributed by atoms with E-state index >= 15 is 0 Å². The number of nitrogens with zero attached hydrogens (tertiary/aromatic N) is 2. The van der Waals surface area contributed by atoms with Crippen LogP contribution in [0.1, 0.15) is 16.7 Å². The number of thiol groups is 3. The molecule has 26 heavy (non-hydrogen) atoms. The first-order valence-corrected chi connectivity index (χ1v) is 9.16. The van der Waals surface area contributed by atoms with Crippen molar-refractivity contribution in [2.45, 2.75) is 10.5 Å². The number of benzene rings is 2. The molecule has 0 aromatic heterocycles. The highest BCUT2D eigenvalue weighted by Gasteiger charge is 2.36. The van der Waals surface area contributed by atoms with Gasteiger partial charge in [-0.2, -0.15) is 0 Å². The molecule has 2 aromatic carbocycles. The molecule has 136 valence electrons. The Kier molecular flexibility index (Phi) is 5.22. The van der Waals surface area contributed by atoms with Gasteiger partial charge in [0.25, 0.3) is 5.91 Å². The van der Waals surface area contributed by atoms with Gasteiger partial charge in [-0.05, 0) is 36.8 Å². The lowest BCUT2D eigenvalue weighted by Crippen LogP contribution is -2.42. The number of aliphatic imine (C=N–C) groups is 1. The smallest absolute Gasteiger partial charge is 0.251 e. The van der Waals surface area contributed by atoms with E-state index in [4.69, 9.17) is 11.6 Å². The van der Waals surface area contributed by atoms with E-state index in [1.54, 1.807) is 19.1 Å². The van der Waals surface area contributed by atoms with Gasteiger partial charge in [0, 0.05) is 11.1 Å². The largest absolute Gasteiger partial charge is 0.508 e. The number of aromatic hydroxyl groups is 1. The number of benzodiazepines with no additional fused rings is 1.